The number of carbonyl (C=O) groups is 2. The number of anilines is 1. The Balaban J connectivity index is 1.91. The Bertz CT molecular complexity index is 662. The number of pyridine rings is 1. The largest absolute Gasteiger partial charge is 0.477 e. The number of benzene rings is 1. The van der Waals surface area contributed by atoms with Crippen LogP contribution in [0.15, 0.2) is 51.8 Å². The Morgan fingerprint density at radius 1 is 1.19 bits per heavy atom. The standard InChI is InChI=1S/C14H11BrN2O3S/c15-9-4-6-10(7-5-9)21-8-13(18)17-12-3-1-2-11(16-12)14(19)20/h1-7H,8H2,(H,19,20)(H,16,17,18). The van der Waals surface area contributed by atoms with Crippen LogP contribution in [0.3, 0.4) is 0 Å². The number of nitrogens with zero attached hydrogens (tertiary/aromatic N) is 1. The summed E-state index contributed by atoms with van der Waals surface area (Å²) in [7, 11) is 0. The van der Waals surface area contributed by atoms with Gasteiger partial charge in [-0.15, -0.1) is 11.8 Å². The molecule has 2 rings (SSSR count). The van der Waals surface area contributed by atoms with E-state index >= 15 is 0 Å². The normalized spacial score (nSPS) is 10.1. The molecule has 0 saturated carbocycles. The van der Waals surface area contributed by atoms with E-state index in [1.807, 2.05) is 24.3 Å². The molecule has 0 atom stereocenters. The summed E-state index contributed by atoms with van der Waals surface area (Å²) in [5, 5.41) is 11.4. The number of nitrogens with one attached hydrogen (secondary N) is 1. The van der Waals surface area contributed by atoms with Crippen molar-refractivity contribution in [1.82, 2.24) is 4.98 Å². The van der Waals surface area contributed by atoms with Crippen molar-refractivity contribution < 1.29 is 14.7 Å². The Morgan fingerprint density at radius 3 is 2.57 bits per heavy atom. The third-order valence-electron chi connectivity index (χ3n) is 2.42. The first-order valence-corrected chi connectivity index (χ1v) is 7.71. The van der Waals surface area contributed by atoms with E-state index < -0.39 is 5.97 Å². The van der Waals surface area contributed by atoms with E-state index in [4.69, 9.17) is 5.11 Å². The van der Waals surface area contributed by atoms with Gasteiger partial charge in [0.15, 0.2) is 5.69 Å². The number of hydrogen-bond acceptors (Lipinski definition) is 4. The molecule has 108 valence electrons. The lowest BCUT2D eigenvalue weighted by Gasteiger charge is -2.05. The molecule has 1 amide bonds. The monoisotopic (exact) mass is 366 g/mol. The molecule has 2 N–H and O–H groups in total. The summed E-state index contributed by atoms with van der Waals surface area (Å²) in [5.41, 5.74) is -0.103. The molecule has 21 heavy (non-hydrogen) atoms. The first kappa shape index (κ1) is 15.5. The summed E-state index contributed by atoms with van der Waals surface area (Å²) < 4.78 is 0.978. The van der Waals surface area contributed by atoms with E-state index in [1.165, 1.54) is 23.9 Å². The van der Waals surface area contributed by atoms with Gasteiger partial charge < -0.3 is 10.4 Å². The molecule has 2 aromatic rings. The number of thioether (sulfide) groups is 1. The molecule has 0 aliphatic carbocycles. The van der Waals surface area contributed by atoms with Crippen molar-refractivity contribution in [2.45, 2.75) is 4.90 Å². The summed E-state index contributed by atoms with van der Waals surface area (Å²) in [4.78, 5) is 27.4. The van der Waals surface area contributed by atoms with E-state index in [-0.39, 0.29) is 23.2 Å². The highest BCUT2D eigenvalue weighted by atomic mass is 79.9. The number of carboxylic acid groups (broad SMARTS) is 1. The number of rotatable bonds is 5. The lowest BCUT2D eigenvalue weighted by Crippen LogP contribution is -2.15. The third-order valence-corrected chi connectivity index (χ3v) is 3.96. The number of hydrogen-bond donors (Lipinski definition) is 2. The van der Waals surface area contributed by atoms with Gasteiger partial charge in [0, 0.05) is 9.37 Å². The van der Waals surface area contributed by atoms with Gasteiger partial charge in [0.25, 0.3) is 0 Å². The van der Waals surface area contributed by atoms with Crippen molar-refractivity contribution in [1.29, 1.82) is 0 Å². The molecular formula is C14H11BrN2O3S. The van der Waals surface area contributed by atoms with Gasteiger partial charge in [-0.05, 0) is 36.4 Å². The molecule has 1 aromatic carbocycles. The molecular weight excluding hydrogens is 356 g/mol. The second-order valence-corrected chi connectivity index (χ2v) is 5.97. The van der Waals surface area contributed by atoms with Crippen molar-refractivity contribution in [3.8, 4) is 0 Å². The molecule has 0 unspecified atom stereocenters. The van der Waals surface area contributed by atoms with Gasteiger partial charge in [-0.2, -0.15) is 0 Å². The van der Waals surface area contributed by atoms with Crippen molar-refractivity contribution in [3.05, 3.63) is 52.6 Å². The molecule has 0 saturated heterocycles. The molecule has 0 spiro atoms. The van der Waals surface area contributed by atoms with Gasteiger partial charge in [0.2, 0.25) is 5.91 Å². The molecule has 1 heterocycles. The predicted octanol–water partition coefficient (Wildman–Crippen LogP) is 3.27. The maximum Gasteiger partial charge on any atom is 0.354 e. The van der Waals surface area contributed by atoms with Gasteiger partial charge in [-0.1, -0.05) is 22.0 Å². The average Bonchev–Trinajstić information content (AvgIpc) is 2.47. The summed E-state index contributed by atoms with van der Waals surface area (Å²) in [6, 6.07) is 12.1. The van der Waals surface area contributed by atoms with Crippen LogP contribution in [0, 0.1) is 0 Å². The Hall–Kier alpha value is -1.86. The molecule has 0 radical (unpaired) electrons. The lowest BCUT2D eigenvalue weighted by molar-refractivity contribution is -0.113. The van der Waals surface area contributed by atoms with E-state index in [9.17, 15) is 9.59 Å². The van der Waals surface area contributed by atoms with E-state index in [0.717, 1.165) is 9.37 Å². The van der Waals surface area contributed by atoms with Crippen LogP contribution in [-0.4, -0.2) is 27.7 Å². The first-order valence-electron chi connectivity index (χ1n) is 5.93. The number of carbonyl (C=O) groups excluding carboxylic acids is 1. The van der Waals surface area contributed by atoms with Crippen molar-refractivity contribution in [2.24, 2.45) is 0 Å². The zero-order valence-electron chi connectivity index (χ0n) is 10.7. The highest BCUT2D eigenvalue weighted by Crippen LogP contribution is 2.20. The Morgan fingerprint density at radius 2 is 1.90 bits per heavy atom. The number of carboxylic acids is 1. The molecule has 1 aromatic heterocycles. The van der Waals surface area contributed by atoms with Crippen LogP contribution in [0.5, 0.6) is 0 Å². The fraction of sp³-hybridized carbons (Fsp3) is 0.0714. The number of halogens is 1. The fourth-order valence-electron chi connectivity index (χ4n) is 1.48. The number of amides is 1. The van der Waals surface area contributed by atoms with Crippen LogP contribution >= 0.6 is 27.7 Å². The summed E-state index contributed by atoms with van der Waals surface area (Å²) in [5.74, 6) is -0.912. The third kappa shape index (κ3) is 4.87. The van der Waals surface area contributed by atoms with Gasteiger partial charge in [-0.25, -0.2) is 9.78 Å². The molecule has 0 bridgehead atoms. The Labute approximate surface area is 133 Å². The smallest absolute Gasteiger partial charge is 0.354 e. The highest BCUT2D eigenvalue weighted by Gasteiger charge is 2.08. The average molecular weight is 367 g/mol. The van der Waals surface area contributed by atoms with Crippen LogP contribution in [0.25, 0.3) is 0 Å². The minimum absolute atomic E-state index is 0.103. The topological polar surface area (TPSA) is 79.3 Å². The molecule has 0 fully saturated rings. The number of aromatic nitrogens is 1. The first-order chi connectivity index (χ1) is 10.0. The van der Waals surface area contributed by atoms with Crippen LogP contribution in [-0.2, 0) is 4.79 Å². The van der Waals surface area contributed by atoms with Gasteiger partial charge >= 0.3 is 5.97 Å². The summed E-state index contributed by atoms with van der Waals surface area (Å²) in [6.45, 7) is 0. The van der Waals surface area contributed by atoms with Gasteiger partial charge in [-0.3, -0.25) is 4.79 Å². The zero-order chi connectivity index (χ0) is 15.2. The number of aromatic carboxylic acids is 1. The SMILES string of the molecule is O=C(CSc1ccc(Br)cc1)Nc1cccc(C(=O)O)n1. The van der Waals surface area contributed by atoms with Crippen molar-refractivity contribution in [2.75, 3.05) is 11.1 Å². The second kappa shape index (κ2) is 7.24. The highest BCUT2D eigenvalue weighted by molar-refractivity contribution is 9.10. The zero-order valence-corrected chi connectivity index (χ0v) is 13.1. The minimum Gasteiger partial charge on any atom is -0.477 e. The lowest BCUT2D eigenvalue weighted by atomic mass is 10.3. The molecule has 5 nitrogen and oxygen atoms in total. The van der Waals surface area contributed by atoms with Crippen molar-refractivity contribution >= 4 is 45.4 Å². The van der Waals surface area contributed by atoms with Crippen LogP contribution in [0.1, 0.15) is 10.5 Å². The fourth-order valence-corrected chi connectivity index (χ4v) is 2.44. The summed E-state index contributed by atoms with van der Waals surface area (Å²) in [6.07, 6.45) is 0. The Kier molecular flexibility index (Phi) is 5.35. The van der Waals surface area contributed by atoms with Gasteiger partial charge in [0.05, 0.1) is 5.75 Å². The van der Waals surface area contributed by atoms with E-state index in [2.05, 4.69) is 26.2 Å². The van der Waals surface area contributed by atoms with Crippen LogP contribution in [0.2, 0.25) is 0 Å². The maximum absolute atomic E-state index is 11.8. The van der Waals surface area contributed by atoms with E-state index in [0.29, 0.717) is 0 Å². The predicted molar refractivity (Wildman–Crippen MR) is 84.7 cm³/mol. The molecule has 0 aliphatic heterocycles. The van der Waals surface area contributed by atoms with Crippen LogP contribution < -0.4 is 5.32 Å². The summed E-state index contributed by atoms with van der Waals surface area (Å²) >= 11 is 4.73. The quantitative estimate of drug-likeness (QED) is 0.793. The minimum atomic E-state index is -1.13. The molecule has 0 aliphatic rings. The second-order valence-electron chi connectivity index (χ2n) is 4.00. The molecule has 7 heteroatoms. The maximum atomic E-state index is 11.8. The van der Waals surface area contributed by atoms with Crippen LogP contribution in [0.4, 0.5) is 5.82 Å². The van der Waals surface area contributed by atoms with Gasteiger partial charge in [0.1, 0.15) is 5.82 Å². The van der Waals surface area contributed by atoms with E-state index in [1.54, 1.807) is 6.07 Å². The van der Waals surface area contributed by atoms with Crippen molar-refractivity contribution in [3.63, 3.8) is 0 Å².